The van der Waals surface area contributed by atoms with Crippen LogP contribution in [0.4, 0.5) is 0 Å². The van der Waals surface area contributed by atoms with Crippen molar-refractivity contribution in [2.45, 2.75) is 63.7 Å². The van der Waals surface area contributed by atoms with Crippen LogP contribution in [-0.2, 0) is 14.2 Å². The van der Waals surface area contributed by atoms with Crippen LogP contribution >= 0.6 is 0 Å². The van der Waals surface area contributed by atoms with E-state index in [0.717, 1.165) is 19.6 Å². The molecule has 1 N–H and O–H groups in total. The number of methoxy groups -OCH3 is 2. The predicted molar refractivity (Wildman–Crippen MR) is 80.0 cm³/mol. The highest BCUT2D eigenvalue weighted by Gasteiger charge is 2.55. The maximum absolute atomic E-state index is 5.99. The Morgan fingerprint density at radius 2 is 1.95 bits per heavy atom. The second-order valence-electron chi connectivity index (χ2n) is 6.25. The molecule has 4 nitrogen and oxygen atoms in total. The summed E-state index contributed by atoms with van der Waals surface area (Å²) in [6.45, 7) is 4.47. The predicted octanol–water partition coefficient (Wildman–Crippen LogP) is 2.37. The summed E-state index contributed by atoms with van der Waals surface area (Å²) in [4.78, 5) is 0. The lowest BCUT2D eigenvalue weighted by Gasteiger charge is -2.58. The van der Waals surface area contributed by atoms with Crippen molar-refractivity contribution in [2.75, 3.05) is 34.0 Å². The van der Waals surface area contributed by atoms with Crippen LogP contribution in [0.15, 0.2) is 0 Å². The molecule has 3 atom stereocenters. The summed E-state index contributed by atoms with van der Waals surface area (Å²) in [6.07, 6.45) is 8.49. The summed E-state index contributed by atoms with van der Waals surface area (Å²) >= 11 is 0. The minimum Gasteiger partial charge on any atom is -0.382 e. The average molecular weight is 285 g/mol. The molecular formula is C16H31NO3. The third-order valence-electron chi connectivity index (χ3n) is 5.22. The first-order valence-electron chi connectivity index (χ1n) is 8.13. The van der Waals surface area contributed by atoms with Gasteiger partial charge in [-0.25, -0.2) is 0 Å². The summed E-state index contributed by atoms with van der Waals surface area (Å²) < 4.78 is 16.6. The van der Waals surface area contributed by atoms with Gasteiger partial charge in [0.1, 0.15) is 0 Å². The molecule has 0 heterocycles. The standard InChI is InChI=1S/C16H31NO3/c1-4-20-15-10-14(16(15)8-6-5-7-9-16)17-11-13(19-3)12-18-2/h13-15,17H,4-12H2,1-3H3. The molecule has 0 radical (unpaired) electrons. The van der Waals surface area contributed by atoms with E-state index >= 15 is 0 Å². The molecule has 0 bridgehead atoms. The fraction of sp³-hybridized carbons (Fsp3) is 1.00. The minimum absolute atomic E-state index is 0.145. The van der Waals surface area contributed by atoms with Gasteiger partial charge < -0.3 is 19.5 Å². The molecule has 0 amide bonds. The largest absolute Gasteiger partial charge is 0.382 e. The molecule has 3 unspecified atom stereocenters. The zero-order valence-electron chi connectivity index (χ0n) is 13.3. The molecule has 2 rings (SSSR count). The van der Waals surface area contributed by atoms with Crippen molar-refractivity contribution in [2.24, 2.45) is 5.41 Å². The Bertz CT molecular complexity index is 279. The Labute approximate surface area is 123 Å². The van der Waals surface area contributed by atoms with Gasteiger partial charge in [-0.15, -0.1) is 0 Å². The number of rotatable bonds is 8. The van der Waals surface area contributed by atoms with Gasteiger partial charge in [-0.2, -0.15) is 0 Å². The third kappa shape index (κ3) is 3.35. The SMILES string of the molecule is CCOC1CC(NCC(COC)OC)C12CCCCC2. The lowest BCUT2D eigenvalue weighted by atomic mass is 9.55. The zero-order chi connectivity index (χ0) is 14.4. The third-order valence-corrected chi connectivity index (χ3v) is 5.22. The zero-order valence-corrected chi connectivity index (χ0v) is 13.3. The number of ether oxygens (including phenoxy) is 3. The first-order valence-corrected chi connectivity index (χ1v) is 8.13. The number of hydrogen-bond acceptors (Lipinski definition) is 4. The molecule has 1 spiro atoms. The highest BCUT2D eigenvalue weighted by Crippen LogP contribution is 2.53. The molecule has 4 heteroatoms. The van der Waals surface area contributed by atoms with Crippen molar-refractivity contribution < 1.29 is 14.2 Å². The van der Waals surface area contributed by atoms with Crippen LogP contribution in [0.25, 0.3) is 0 Å². The molecule has 2 saturated carbocycles. The molecule has 0 saturated heterocycles. The van der Waals surface area contributed by atoms with E-state index in [0.29, 0.717) is 24.2 Å². The molecule has 0 aromatic carbocycles. The molecule has 2 fully saturated rings. The Balaban J connectivity index is 1.87. The number of nitrogens with one attached hydrogen (secondary N) is 1. The van der Waals surface area contributed by atoms with E-state index < -0.39 is 0 Å². The van der Waals surface area contributed by atoms with Gasteiger partial charge in [-0.05, 0) is 26.2 Å². The van der Waals surface area contributed by atoms with Crippen LogP contribution in [0.2, 0.25) is 0 Å². The smallest absolute Gasteiger partial charge is 0.0928 e. The average Bonchev–Trinajstić information content (AvgIpc) is 2.49. The van der Waals surface area contributed by atoms with E-state index in [1.165, 1.54) is 32.1 Å². The molecule has 118 valence electrons. The minimum atomic E-state index is 0.145. The first-order chi connectivity index (χ1) is 9.76. The molecule has 0 aromatic heterocycles. The van der Waals surface area contributed by atoms with Crippen LogP contribution in [0.1, 0.15) is 45.4 Å². The molecule has 2 aliphatic carbocycles. The molecular weight excluding hydrogens is 254 g/mol. The van der Waals surface area contributed by atoms with Gasteiger partial charge in [0.2, 0.25) is 0 Å². The molecule has 0 aliphatic heterocycles. The Morgan fingerprint density at radius 1 is 1.20 bits per heavy atom. The second-order valence-corrected chi connectivity index (χ2v) is 6.25. The van der Waals surface area contributed by atoms with Gasteiger partial charge in [-0.3, -0.25) is 0 Å². The van der Waals surface area contributed by atoms with E-state index in [9.17, 15) is 0 Å². The van der Waals surface area contributed by atoms with Crippen molar-refractivity contribution >= 4 is 0 Å². The molecule has 0 aromatic rings. The van der Waals surface area contributed by atoms with Crippen LogP contribution in [-0.4, -0.2) is 52.2 Å². The summed E-state index contributed by atoms with van der Waals surface area (Å²) in [7, 11) is 3.48. The fourth-order valence-electron chi connectivity index (χ4n) is 4.02. The van der Waals surface area contributed by atoms with Crippen LogP contribution in [0.5, 0.6) is 0 Å². The van der Waals surface area contributed by atoms with E-state index in [-0.39, 0.29) is 6.10 Å². The summed E-state index contributed by atoms with van der Waals surface area (Å²) in [5.41, 5.74) is 0.389. The van der Waals surface area contributed by atoms with Gasteiger partial charge in [0, 0.05) is 38.8 Å². The molecule has 2 aliphatic rings. The highest BCUT2D eigenvalue weighted by atomic mass is 16.5. The highest BCUT2D eigenvalue weighted by molar-refractivity contribution is 5.09. The van der Waals surface area contributed by atoms with Crippen molar-refractivity contribution in [3.8, 4) is 0 Å². The Kier molecular flexibility index (Phi) is 6.27. The second kappa shape index (κ2) is 7.74. The summed E-state index contributed by atoms with van der Waals surface area (Å²) in [6, 6.07) is 0.592. The summed E-state index contributed by atoms with van der Waals surface area (Å²) in [5, 5.41) is 3.72. The monoisotopic (exact) mass is 285 g/mol. The Hall–Kier alpha value is -0.160. The van der Waals surface area contributed by atoms with Gasteiger partial charge in [0.05, 0.1) is 18.8 Å². The number of hydrogen-bond donors (Lipinski definition) is 1. The van der Waals surface area contributed by atoms with Crippen molar-refractivity contribution in [1.82, 2.24) is 5.32 Å². The lowest BCUT2D eigenvalue weighted by Crippen LogP contribution is -2.65. The van der Waals surface area contributed by atoms with E-state index in [1.807, 2.05) is 0 Å². The van der Waals surface area contributed by atoms with Gasteiger partial charge >= 0.3 is 0 Å². The van der Waals surface area contributed by atoms with E-state index in [1.54, 1.807) is 14.2 Å². The van der Waals surface area contributed by atoms with E-state index in [2.05, 4.69) is 12.2 Å². The normalized spacial score (nSPS) is 30.1. The topological polar surface area (TPSA) is 39.7 Å². The Morgan fingerprint density at radius 3 is 2.55 bits per heavy atom. The maximum Gasteiger partial charge on any atom is 0.0928 e. The van der Waals surface area contributed by atoms with E-state index in [4.69, 9.17) is 14.2 Å². The quantitative estimate of drug-likeness (QED) is 0.743. The van der Waals surface area contributed by atoms with Crippen LogP contribution < -0.4 is 5.32 Å². The summed E-state index contributed by atoms with van der Waals surface area (Å²) in [5.74, 6) is 0. The van der Waals surface area contributed by atoms with Crippen molar-refractivity contribution in [3.63, 3.8) is 0 Å². The van der Waals surface area contributed by atoms with Crippen molar-refractivity contribution in [3.05, 3.63) is 0 Å². The van der Waals surface area contributed by atoms with Gasteiger partial charge in [0.25, 0.3) is 0 Å². The van der Waals surface area contributed by atoms with Gasteiger partial charge in [0.15, 0.2) is 0 Å². The van der Waals surface area contributed by atoms with Crippen LogP contribution in [0, 0.1) is 5.41 Å². The van der Waals surface area contributed by atoms with Gasteiger partial charge in [-0.1, -0.05) is 19.3 Å². The first kappa shape index (κ1) is 16.2. The van der Waals surface area contributed by atoms with Crippen molar-refractivity contribution in [1.29, 1.82) is 0 Å². The lowest BCUT2D eigenvalue weighted by molar-refractivity contribution is -0.151. The molecule has 20 heavy (non-hydrogen) atoms. The van der Waals surface area contributed by atoms with Crippen LogP contribution in [0.3, 0.4) is 0 Å². The fourth-order valence-corrected chi connectivity index (χ4v) is 4.02. The maximum atomic E-state index is 5.99.